The van der Waals surface area contributed by atoms with Crippen molar-refractivity contribution in [3.63, 3.8) is 0 Å². The molecule has 0 saturated heterocycles. The van der Waals surface area contributed by atoms with E-state index < -0.39 is 10.0 Å². The lowest BCUT2D eigenvalue weighted by Crippen LogP contribution is -2.13. The molecule has 0 atom stereocenters. The molecule has 5 nitrogen and oxygen atoms in total. The van der Waals surface area contributed by atoms with Crippen LogP contribution in [0.25, 0.3) is 11.0 Å². The molecule has 0 radical (unpaired) electrons. The van der Waals surface area contributed by atoms with Gasteiger partial charge >= 0.3 is 0 Å². The molecule has 1 N–H and O–H groups in total. The Morgan fingerprint density at radius 2 is 1.90 bits per heavy atom. The van der Waals surface area contributed by atoms with Gasteiger partial charge in [0, 0.05) is 5.02 Å². The summed E-state index contributed by atoms with van der Waals surface area (Å²) >= 11 is 12.7. The van der Waals surface area contributed by atoms with Gasteiger partial charge in [0.1, 0.15) is 15.9 Å². The van der Waals surface area contributed by atoms with E-state index in [0.717, 1.165) is 11.7 Å². The molecular weight excluding hydrogens is 353 g/mol. The molecule has 21 heavy (non-hydrogen) atoms. The Hall–Kier alpha value is -1.41. The number of benzene rings is 2. The minimum absolute atomic E-state index is 0.0553. The Bertz CT molecular complexity index is 925. The summed E-state index contributed by atoms with van der Waals surface area (Å²) in [7, 11) is -3.82. The molecular formula is C12H7Cl2N3O2S2. The first-order valence-electron chi connectivity index (χ1n) is 5.66. The van der Waals surface area contributed by atoms with Crippen LogP contribution in [0.3, 0.4) is 0 Å². The molecule has 0 fully saturated rings. The summed E-state index contributed by atoms with van der Waals surface area (Å²) in [5.41, 5.74) is 1.12. The van der Waals surface area contributed by atoms with Gasteiger partial charge < -0.3 is 0 Å². The fourth-order valence-electron chi connectivity index (χ4n) is 1.77. The summed E-state index contributed by atoms with van der Waals surface area (Å²) in [5.74, 6) is 0. The van der Waals surface area contributed by atoms with E-state index in [1.165, 1.54) is 18.2 Å². The average Bonchev–Trinajstić information content (AvgIpc) is 2.90. The summed E-state index contributed by atoms with van der Waals surface area (Å²) in [6, 6.07) is 9.30. The van der Waals surface area contributed by atoms with E-state index in [1.807, 2.05) is 0 Å². The van der Waals surface area contributed by atoms with Gasteiger partial charge in [0.05, 0.1) is 22.4 Å². The number of halogens is 2. The van der Waals surface area contributed by atoms with Gasteiger partial charge in [-0.2, -0.15) is 8.75 Å². The van der Waals surface area contributed by atoms with E-state index in [9.17, 15) is 8.42 Å². The number of aromatic nitrogens is 2. The SMILES string of the molecule is O=S(=O)(Nc1ccc(Cl)cc1Cl)c1cccc2nsnc12. The maximum Gasteiger partial charge on any atom is 0.264 e. The van der Waals surface area contributed by atoms with Crippen LogP contribution in [0.15, 0.2) is 41.3 Å². The van der Waals surface area contributed by atoms with Crippen molar-refractivity contribution in [2.45, 2.75) is 4.90 Å². The first kappa shape index (κ1) is 14.5. The number of nitrogens with zero attached hydrogens (tertiary/aromatic N) is 2. The van der Waals surface area contributed by atoms with Crippen molar-refractivity contribution in [1.82, 2.24) is 8.75 Å². The van der Waals surface area contributed by atoms with Crippen LogP contribution in [-0.4, -0.2) is 17.2 Å². The summed E-state index contributed by atoms with van der Waals surface area (Å²) in [6.07, 6.45) is 0. The van der Waals surface area contributed by atoms with E-state index in [-0.39, 0.29) is 15.6 Å². The normalized spacial score (nSPS) is 11.7. The van der Waals surface area contributed by atoms with E-state index >= 15 is 0 Å². The Balaban J connectivity index is 2.06. The van der Waals surface area contributed by atoms with Crippen LogP contribution in [0.4, 0.5) is 5.69 Å². The Morgan fingerprint density at radius 3 is 2.67 bits per heavy atom. The van der Waals surface area contributed by atoms with Crippen LogP contribution in [0.2, 0.25) is 10.0 Å². The second-order valence-corrected chi connectivity index (χ2v) is 7.14. The zero-order valence-corrected chi connectivity index (χ0v) is 13.4. The minimum atomic E-state index is -3.82. The third-order valence-corrected chi connectivity index (χ3v) is 5.20. The van der Waals surface area contributed by atoms with Gasteiger partial charge in [-0.05, 0) is 30.3 Å². The fourth-order valence-corrected chi connectivity index (χ4v) is 4.13. The third kappa shape index (κ3) is 2.82. The first-order chi connectivity index (χ1) is 9.97. The zero-order valence-electron chi connectivity index (χ0n) is 10.2. The van der Waals surface area contributed by atoms with Gasteiger partial charge in [0.2, 0.25) is 0 Å². The first-order valence-corrected chi connectivity index (χ1v) is 8.63. The molecule has 0 aliphatic heterocycles. The molecule has 108 valence electrons. The van der Waals surface area contributed by atoms with Crippen molar-refractivity contribution < 1.29 is 8.42 Å². The van der Waals surface area contributed by atoms with E-state index in [4.69, 9.17) is 23.2 Å². The van der Waals surface area contributed by atoms with Crippen molar-refractivity contribution in [1.29, 1.82) is 0 Å². The molecule has 0 aliphatic rings. The standard InChI is InChI=1S/C12H7Cl2N3O2S2/c13-7-4-5-9(8(14)6-7)17-21(18,19)11-3-1-2-10-12(11)16-20-15-10/h1-6,17H. The predicted molar refractivity (Wildman–Crippen MR) is 84.7 cm³/mol. The van der Waals surface area contributed by atoms with Gasteiger partial charge in [0.15, 0.2) is 0 Å². The van der Waals surface area contributed by atoms with Crippen molar-refractivity contribution in [3.8, 4) is 0 Å². The highest BCUT2D eigenvalue weighted by molar-refractivity contribution is 7.93. The third-order valence-electron chi connectivity index (χ3n) is 2.71. The number of rotatable bonds is 3. The Kier molecular flexibility index (Phi) is 3.75. The molecule has 9 heteroatoms. The Morgan fingerprint density at radius 1 is 1.10 bits per heavy atom. The zero-order chi connectivity index (χ0) is 15.0. The molecule has 3 rings (SSSR count). The van der Waals surface area contributed by atoms with Crippen LogP contribution in [0.5, 0.6) is 0 Å². The molecule has 0 unspecified atom stereocenters. The molecule has 0 spiro atoms. The molecule has 0 saturated carbocycles. The maximum absolute atomic E-state index is 12.5. The van der Waals surface area contributed by atoms with Crippen molar-refractivity contribution in [3.05, 3.63) is 46.4 Å². The number of nitrogens with one attached hydrogen (secondary N) is 1. The number of hydrogen-bond donors (Lipinski definition) is 1. The lowest BCUT2D eigenvalue weighted by Gasteiger charge is -2.10. The molecule has 2 aromatic carbocycles. The highest BCUT2D eigenvalue weighted by Gasteiger charge is 2.20. The second kappa shape index (κ2) is 5.42. The van der Waals surface area contributed by atoms with Gasteiger partial charge in [-0.15, -0.1) is 0 Å². The van der Waals surface area contributed by atoms with Gasteiger partial charge in [0.25, 0.3) is 10.0 Å². The van der Waals surface area contributed by atoms with Crippen molar-refractivity contribution in [2.75, 3.05) is 4.72 Å². The van der Waals surface area contributed by atoms with Crippen LogP contribution in [0, 0.1) is 0 Å². The lowest BCUT2D eigenvalue weighted by molar-refractivity contribution is 0.602. The molecule has 1 heterocycles. The highest BCUT2D eigenvalue weighted by Crippen LogP contribution is 2.29. The number of hydrogen-bond acceptors (Lipinski definition) is 5. The second-order valence-electron chi connectivity index (χ2n) is 4.12. The van der Waals surface area contributed by atoms with Crippen molar-refractivity contribution >= 4 is 61.7 Å². The van der Waals surface area contributed by atoms with Crippen LogP contribution >= 0.6 is 34.9 Å². The average molecular weight is 360 g/mol. The molecule has 0 amide bonds. The quantitative estimate of drug-likeness (QED) is 0.771. The summed E-state index contributed by atoms with van der Waals surface area (Å²) < 4.78 is 35.4. The topological polar surface area (TPSA) is 72.0 Å². The van der Waals surface area contributed by atoms with Gasteiger partial charge in [-0.25, -0.2) is 8.42 Å². The van der Waals surface area contributed by atoms with Gasteiger partial charge in [-0.3, -0.25) is 4.72 Å². The monoisotopic (exact) mass is 359 g/mol. The Labute approximate surface area is 134 Å². The lowest BCUT2D eigenvalue weighted by atomic mass is 10.3. The summed E-state index contributed by atoms with van der Waals surface area (Å²) in [6.45, 7) is 0. The van der Waals surface area contributed by atoms with Crippen LogP contribution in [-0.2, 0) is 10.0 Å². The smallest absolute Gasteiger partial charge is 0.264 e. The van der Waals surface area contributed by atoms with Crippen LogP contribution in [0.1, 0.15) is 0 Å². The molecule has 1 aromatic heterocycles. The fraction of sp³-hybridized carbons (Fsp3) is 0. The summed E-state index contributed by atoms with van der Waals surface area (Å²) in [5, 5.41) is 0.642. The van der Waals surface area contributed by atoms with E-state index in [0.29, 0.717) is 16.1 Å². The largest absolute Gasteiger partial charge is 0.278 e. The predicted octanol–water partition coefficient (Wildman–Crippen LogP) is 3.80. The number of sulfonamides is 1. The minimum Gasteiger partial charge on any atom is -0.278 e. The van der Waals surface area contributed by atoms with E-state index in [1.54, 1.807) is 18.2 Å². The maximum atomic E-state index is 12.5. The number of anilines is 1. The molecule has 0 aliphatic carbocycles. The van der Waals surface area contributed by atoms with Crippen LogP contribution < -0.4 is 4.72 Å². The van der Waals surface area contributed by atoms with E-state index in [2.05, 4.69) is 13.5 Å². The molecule has 0 bridgehead atoms. The number of fused-ring (bicyclic) bond motifs is 1. The molecule has 3 aromatic rings. The van der Waals surface area contributed by atoms with Gasteiger partial charge in [-0.1, -0.05) is 29.3 Å². The highest BCUT2D eigenvalue weighted by atomic mass is 35.5. The summed E-state index contributed by atoms with van der Waals surface area (Å²) in [4.78, 5) is 0.0553. The van der Waals surface area contributed by atoms with Crippen molar-refractivity contribution in [2.24, 2.45) is 0 Å².